The molecular formula is C10H10ClNO. The monoisotopic (exact) mass is 195 g/mol. The quantitative estimate of drug-likeness (QED) is 0.698. The normalized spacial score (nSPS) is 11.0. The molecular weight excluding hydrogens is 186 g/mol. The summed E-state index contributed by atoms with van der Waals surface area (Å²) in [5, 5.41) is 0.632. The molecule has 1 aromatic heterocycles. The van der Waals surface area contributed by atoms with Gasteiger partial charge in [-0.05, 0) is 18.6 Å². The minimum Gasteiger partial charge on any atom is -0.439 e. The van der Waals surface area contributed by atoms with Crippen LogP contribution >= 0.6 is 11.6 Å². The average Bonchev–Trinajstić information content (AvgIpc) is 2.56. The topological polar surface area (TPSA) is 26.0 Å². The lowest BCUT2D eigenvalue weighted by molar-refractivity contribution is 0.538. The lowest BCUT2D eigenvalue weighted by Gasteiger charge is -1.93. The van der Waals surface area contributed by atoms with E-state index in [0.717, 1.165) is 23.4 Å². The SMILES string of the molecule is CCc1nc2c(C)ccc(Cl)c2o1. The molecule has 3 heteroatoms. The predicted molar refractivity (Wildman–Crippen MR) is 53.1 cm³/mol. The Balaban J connectivity index is 2.80. The van der Waals surface area contributed by atoms with E-state index in [1.165, 1.54) is 0 Å². The standard InChI is InChI=1S/C10H10ClNO/c1-3-8-12-9-6(2)4-5-7(11)10(9)13-8/h4-5H,3H2,1-2H3. The highest BCUT2D eigenvalue weighted by Gasteiger charge is 2.09. The van der Waals surface area contributed by atoms with Crippen LogP contribution in [0.3, 0.4) is 0 Å². The number of rotatable bonds is 1. The summed E-state index contributed by atoms with van der Waals surface area (Å²) in [6.07, 6.45) is 0.796. The number of benzene rings is 1. The van der Waals surface area contributed by atoms with Crippen LogP contribution < -0.4 is 0 Å². The van der Waals surface area contributed by atoms with Crippen LogP contribution in [0.2, 0.25) is 5.02 Å². The molecule has 0 fully saturated rings. The first-order valence-electron chi connectivity index (χ1n) is 4.27. The van der Waals surface area contributed by atoms with Crippen molar-refractivity contribution in [1.82, 2.24) is 4.98 Å². The van der Waals surface area contributed by atoms with Crippen molar-refractivity contribution < 1.29 is 4.42 Å². The second-order valence-electron chi connectivity index (χ2n) is 3.00. The van der Waals surface area contributed by atoms with Gasteiger partial charge >= 0.3 is 0 Å². The van der Waals surface area contributed by atoms with Crippen molar-refractivity contribution in [2.75, 3.05) is 0 Å². The Labute approximate surface area is 81.5 Å². The van der Waals surface area contributed by atoms with Crippen molar-refractivity contribution in [3.05, 3.63) is 28.6 Å². The summed E-state index contributed by atoms with van der Waals surface area (Å²) in [5.41, 5.74) is 2.69. The van der Waals surface area contributed by atoms with Crippen LogP contribution in [-0.4, -0.2) is 4.98 Å². The molecule has 0 aliphatic rings. The molecule has 0 atom stereocenters. The van der Waals surface area contributed by atoms with Crippen molar-refractivity contribution in [2.45, 2.75) is 20.3 Å². The van der Waals surface area contributed by atoms with Crippen LogP contribution in [0.25, 0.3) is 11.1 Å². The molecule has 0 unspecified atom stereocenters. The van der Waals surface area contributed by atoms with Crippen LogP contribution in [0.15, 0.2) is 16.5 Å². The first-order chi connectivity index (χ1) is 6.22. The molecule has 1 heterocycles. The first-order valence-corrected chi connectivity index (χ1v) is 4.64. The van der Waals surface area contributed by atoms with Crippen molar-refractivity contribution in [3.63, 3.8) is 0 Å². The Morgan fingerprint density at radius 2 is 2.23 bits per heavy atom. The second-order valence-corrected chi connectivity index (χ2v) is 3.41. The number of oxazole rings is 1. The zero-order valence-corrected chi connectivity index (χ0v) is 8.35. The highest BCUT2D eigenvalue weighted by molar-refractivity contribution is 6.34. The van der Waals surface area contributed by atoms with Crippen LogP contribution in [0.4, 0.5) is 0 Å². The van der Waals surface area contributed by atoms with Crippen molar-refractivity contribution >= 4 is 22.7 Å². The van der Waals surface area contributed by atoms with E-state index in [2.05, 4.69) is 4.98 Å². The number of hydrogen-bond donors (Lipinski definition) is 0. The fourth-order valence-electron chi connectivity index (χ4n) is 1.30. The first kappa shape index (κ1) is 8.57. The molecule has 0 spiro atoms. The number of fused-ring (bicyclic) bond motifs is 1. The summed E-state index contributed by atoms with van der Waals surface area (Å²) in [6, 6.07) is 3.79. The average molecular weight is 196 g/mol. The Morgan fingerprint density at radius 3 is 2.85 bits per heavy atom. The van der Waals surface area contributed by atoms with Gasteiger partial charge in [0, 0.05) is 6.42 Å². The third-order valence-electron chi connectivity index (χ3n) is 2.04. The number of nitrogens with zero attached hydrogens (tertiary/aromatic N) is 1. The van der Waals surface area contributed by atoms with Gasteiger partial charge in [0.05, 0.1) is 5.02 Å². The third-order valence-corrected chi connectivity index (χ3v) is 2.34. The Kier molecular flexibility index (Phi) is 2.00. The largest absolute Gasteiger partial charge is 0.439 e. The molecule has 2 nitrogen and oxygen atoms in total. The summed E-state index contributed by atoms with van der Waals surface area (Å²) >= 11 is 5.97. The molecule has 0 amide bonds. The number of halogens is 1. The van der Waals surface area contributed by atoms with E-state index in [4.69, 9.17) is 16.0 Å². The van der Waals surface area contributed by atoms with Gasteiger partial charge in [0.1, 0.15) is 5.52 Å². The molecule has 0 saturated heterocycles. The van der Waals surface area contributed by atoms with Gasteiger partial charge in [-0.1, -0.05) is 24.6 Å². The molecule has 2 aromatic rings. The van der Waals surface area contributed by atoms with Gasteiger partial charge in [0.15, 0.2) is 11.5 Å². The maximum absolute atomic E-state index is 5.97. The third kappa shape index (κ3) is 1.31. The van der Waals surface area contributed by atoms with Gasteiger partial charge in [-0.25, -0.2) is 4.98 Å². The highest BCUT2D eigenvalue weighted by Crippen LogP contribution is 2.26. The molecule has 0 radical (unpaired) electrons. The Morgan fingerprint density at radius 1 is 1.46 bits per heavy atom. The smallest absolute Gasteiger partial charge is 0.195 e. The molecule has 0 saturated carbocycles. The fourth-order valence-corrected chi connectivity index (χ4v) is 1.49. The number of hydrogen-bond acceptors (Lipinski definition) is 2. The highest BCUT2D eigenvalue weighted by atomic mass is 35.5. The van der Waals surface area contributed by atoms with Gasteiger partial charge in [-0.3, -0.25) is 0 Å². The Bertz CT molecular complexity index is 408. The minimum absolute atomic E-state index is 0.632. The van der Waals surface area contributed by atoms with Crippen molar-refractivity contribution in [3.8, 4) is 0 Å². The van der Waals surface area contributed by atoms with Crippen LogP contribution in [-0.2, 0) is 6.42 Å². The van der Waals surface area contributed by atoms with Crippen LogP contribution in [0, 0.1) is 6.92 Å². The van der Waals surface area contributed by atoms with Crippen molar-refractivity contribution in [1.29, 1.82) is 0 Å². The fraction of sp³-hybridized carbons (Fsp3) is 0.300. The van der Waals surface area contributed by atoms with E-state index >= 15 is 0 Å². The molecule has 0 N–H and O–H groups in total. The molecule has 0 bridgehead atoms. The van der Waals surface area contributed by atoms with E-state index in [1.807, 2.05) is 26.0 Å². The zero-order chi connectivity index (χ0) is 9.42. The number of aryl methyl sites for hydroxylation is 2. The summed E-state index contributed by atoms with van der Waals surface area (Å²) < 4.78 is 5.49. The van der Waals surface area contributed by atoms with Crippen LogP contribution in [0.5, 0.6) is 0 Å². The van der Waals surface area contributed by atoms with Gasteiger partial charge in [-0.2, -0.15) is 0 Å². The predicted octanol–water partition coefficient (Wildman–Crippen LogP) is 3.35. The molecule has 0 aliphatic carbocycles. The van der Waals surface area contributed by atoms with E-state index in [1.54, 1.807) is 0 Å². The van der Waals surface area contributed by atoms with E-state index in [-0.39, 0.29) is 0 Å². The molecule has 2 rings (SSSR count). The lowest BCUT2D eigenvalue weighted by Crippen LogP contribution is -1.78. The summed E-state index contributed by atoms with van der Waals surface area (Å²) in [6.45, 7) is 4.01. The molecule has 1 aromatic carbocycles. The number of aromatic nitrogens is 1. The van der Waals surface area contributed by atoms with Gasteiger partial charge in [0.25, 0.3) is 0 Å². The zero-order valence-electron chi connectivity index (χ0n) is 7.60. The van der Waals surface area contributed by atoms with E-state index in [9.17, 15) is 0 Å². The molecule has 0 aliphatic heterocycles. The molecule has 68 valence electrons. The van der Waals surface area contributed by atoms with E-state index in [0.29, 0.717) is 10.6 Å². The summed E-state index contributed by atoms with van der Waals surface area (Å²) in [4.78, 5) is 4.34. The lowest BCUT2D eigenvalue weighted by atomic mass is 10.2. The maximum atomic E-state index is 5.97. The molecule has 13 heavy (non-hydrogen) atoms. The van der Waals surface area contributed by atoms with Crippen LogP contribution in [0.1, 0.15) is 18.4 Å². The van der Waals surface area contributed by atoms with Gasteiger partial charge in [0.2, 0.25) is 0 Å². The maximum Gasteiger partial charge on any atom is 0.195 e. The minimum atomic E-state index is 0.632. The van der Waals surface area contributed by atoms with Gasteiger partial charge < -0.3 is 4.42 Å². The summed E-state index contributed by atoms with van der Waals surface area (Å²) in [5.74, 6) is 0.742. The van der Waals surface area contributed by atoms with E-state index < -0.39 is 0 Å². The van der Waals surface area contributed by atoms with Crippen molar-refractivity contribution in [2.24, 2.45) is 0 Å². The summed E-state index contributed by atoms with van der Waals surface area (Å²) in [7, 11) is 0. The second kappa shape index (κ2) is 3.04. The Hall–Kier alpha value is -1.02. The van der Waals surface area contributed by atoms with Gasteiger partial charge in [-0.15, -0.1) is 0 Å².